The first kappa shape index (κ1) is 16.0. The minimum Gasteiger partial charge on any atom is -0.497 e. The van der Waals surface area contributed by atoms with Crippen molar-refractivity contribution in [2.24, 2.45) is 0 Å². The summed E-state index contributed by atoms with van der Waals surface area (Å²) in [6.45, 7) is 4.13. The second-order valence-electron chi connectivity index (χ2n) is 4.16. The van der Waals surface area contributed by atoms with Gasteiger partial charge in [-0.15, -0.1) is 6.58 Å². The molecule has 0 amide bonds. The van der Waals surface area contributed by atoms with E-state index in [0.29, 0.717) is 18.7 Å². The standard InChI is InChI=1S/C15H21NO4/c1-5-6-13(15(17)20-4)16-10-11-7-8-12(18-2)9-14(11)19-3/h5,7-9,13,16H,1,6,10H2,2-4H3/t13-/m0/s1. The molecule has 110 valence electrons. The highest BCUT2D eigenvalue weighted by Crippen LogP contribution is 2.24. The van der Waals surface area contributed by atoms with E-state index in [1.165, 1.54) is 7.11 Å². The Kier molecular flexibility index (Phi) is 6.59. The van der Waals surface area contributed by atoms with E-state index in [-0.39, 0.29) is 5.97 Å². The van der Waals surface area contributed by atoms with Gasteiger partial charge in [-0.3, -0.25) is 10.1 Å². The van der Waals surface area contributed by atoms with Crippen LogP contribution in [-0.2, 0) is 16.1 Å². The Hall–Kier alpha value is -2.01. The van der Waals surface area contributed by atoms with E-state index < -0.39 is 6.04 Å². The number of esters is 1. The zero-order chi connectivity index (χ0) is 15.0. The van der Waals surface area contributed by atoms with Crippen molar-refractivity contribution >= 4 is 5.97 Å². The van der Waals surface area contributed by atoms with Gasteiger partial charge in [0.05, 0.1) is 21.3 Å². The SMILES string of the molecule is C=CC[C@H](NCc1ccc(OC)cc1OC)C(=O)OC. The van der Waals surface area contributed by atoms with Gasteiger partial charge in [0.2, 0.25) is 0 Å². The second kappa shape index (κ2) is 8.22. The molecule has 0 aromatic heterocycles. The summed E-state index contributed by atoms with van der Waals surface area (Å²) in [6, 6.07) is 5.13. The number of rotatable bonds is 8. The molecule has 1 aromatic carbocycles. The van der Waals surface area contributed by atoms with Crippen molar-refractivity contribution in [2.75, 3.05) is 21.3 Å². The molecule has 1 rings (SSSR count). The van der Waals surface area contributed by atoms with Crippen molar-refractivity contribution in [1.82, 2.24) is 5.32 Å². The number of hydrogen-bond acceptors (Lipinski definition) is 5. The van der Waals surface area contributed by atoms with Gasteiger partial charge in [-0.05, 0) is 12.5 Å². The van der Waals surface area contributed by atoms with Gasteiger partial charge in [-0.25, -0.2) is 0 Å². The summed E-state index contributed by atoms with van der Waals surface area (Å²) in [6.07, 6.45) is 2.19. The van der Waals surface area contributed by atoms with E-state index >= 15 is 0 Å². The highest BCUT2D eigenvalue weighted by molar-refractivity contribution is 5.75. The van der Waals surface area contributed by atoms with Crippen molar-refractivity contribution < 1.29 is 19.0 Å². The van der Waals surface area contributed by atoms with Crippen LogP contribution in [0, 0.1) is 0 Å². The maximum Gasteiger partial charge on any atom is 0.323 e. The van der Waals surface area contributed by atoms with E-state index in [1.807, 2.05) is 12.1 Å². The molecule has 0 aliphatic heterocycles. The quantitative estimate of drug-likeness (QED) is 0.582. The van der Waals surface area contributed by atoms with Crippen LogP contribution in [0.15, 0.2) is 30.9 Å². The van der Waals surface area contributed by atoms with Crippen LogP contribution in [0.1, 0.15) is 12.0 Å². The van der Waals surface area contributed by atoms with E-state index in [9.17, 15) is 4.79 Å². The van der Waals surface area contributed by atoms with E-state index in [0.717, 1.165) is 11.3 Å². The predicted octanol–water partition coefficient (Wildman–Crippen LogP) is 1.91. The summed E-state index contributed by atoms with van der Waals surface area (Å²) in [5.74, 6) is 1.12. The number of benzene rings is 1. The molecule has 0 saturated heterocycles. The molecule has 0 saturated carbocycles. The average molecular weight is 279 g/mol. The molecule has 0 bridgehead atoms. The molecular weight excluding hydrogens is 258 g/mol. The predicted molar refractivity (Wildman–Crippen MR) is 77.0 cm³/mol. The first-order valence-electron chi connectivity index (χ1n) is 6.29. The van der Waals surface area contributed by atoms with Crippen molar-refractivity contribution in [3.8, 4) is 11.5 Å². The van der Waals surface area contributed by atoms with Crippen LogP contribution in [0.25, 0.3) is 0 Å². The Balaban J connectivity index is 2.76. The summed E-state index contributed by atoms with van der Waals surface area (Å²) in [4.78, 5) is 11.6. The smallest absolute Gasteiger partial charge is 0.323 e. The Bertz CT molecular complexity index is 459. The third-order valence-electron chi connectivity index (χ3n) is 2.92. The number of carbonyl (C=O) groups is 1. The molecule has 0 aliphatic rings. The molecule has 1 N–H and O–H groups in total. The van der Waals surface area contributed by atoms with Gasteiger partial charge in [0.15, 0.2) is 0 Å². The lowest BCUT2D eigenvalue weighted by atomic mass is 10.1. The van der Waals surface area contributed by atoms with Crippen LogP contribution in [0.4, 0.5) is 0 Å². The van der Waals surface area contributed by atoms with Crippen LogP contribution >= 0.6 is 0 Å². The Morgan fingerprint density at radius 3 is 2.65 bits per heavy atom. The zero-order valence-electron chi connectivity index (χ0n) is 12.1. The topological polar surface area (TPSA) is 56.8 Å². The maximum absolute atomic E-state index is 11.6. The maximum atomic E-state index is 11.6. The number of nitrogens with one attached hydrogen (secondary N) is 1. The van der Waals surface area contributed by atoms with Gasteiger partial charge in [-0.2, -0.15) is 0 Å². The Morgan fingerprint density at radius 2 is 2.10 bits per heavy atom. The molecule has 1 aromatic rings. The molecular formula is C15H21NO4. The number of ether oxygens (including phenoxy) is 3. The molecule has 20 heavy (non-hydrogen) atoms. The fourth-order valence-corrected chi connectivity index (χ4v) is 1.80. The lowest BCUT2D eigenvalue weighted by Gasteiger charge is -2.16. The minimum absolute atomic E-state index is 0.308. The molecule has 1 atom stereocenters. The Morgan fingerprint density at radius 1 is 1.35 bits per heavy atom. The third-order valence-corrected chi connectivity index (χ3v) is 2.92. The van der Waals surface area contributed by atoms with Crippen molar-refractivity contribution in [3.63, 3.8) is 0 Å². The van der Waals surface area contributed by atoms with Crippen molar-refractivity contribution in [2.45, 2.75) is 19.0 Å². The van der Waals surface area contributed by atoms with Gasteiger partial charge in [0.25, 0.3) is 0 Å². The summed E-state index contributed by atoms with van der Waals surface area (Å²) >= 11 is 0. The normalized spacial score (nSPS) is 11.6. The molecule has 0 fully saturated rings. The van der Waals surface area contributed by atoms with Gasteiger partial charge in [0, 0.05) is 18.2 Å². The third kappa shape index (κ3) is 4.28. The van der Waals surface area contributed by atoms with Crippen molar-refractivity contribution in [3.05, 3.63) is 36.4 Å². The highest BCUT2D eigenvalue weighted by Gasteiger charge is 2.17. The number of carbonyl (C=O) groups excluding carboxylic acids is 1. The molecule has 0 aliphatic carbocycles. The zero-order valence-corrected chi connectivity index (χ0v) is 12.1. The van der Waals surface area contributed by atoms with Crippen LogP contribution in [0.5, 0.6) is 11.5 Å². The summed E-state index contributed by atoms with van der Waals surface area (Å²) in [5.41, 5.74) is 0.936. The summed E-state index contributed by atoms with van der Waals surface area (Å²) in [5, 5.41) is 3.13. The summed E-state index contributed by atoms with van der Waals surface area (Å²) < 4.78 is 15.2. The average Bonchev–Trinajstić information content (AvgIpc) is 2.50. The van der Waals surface area contributed by atoms with Crippen molar-refractivity contribution in [1.29, 1.82) is 0 Å². The Labute approximate surface area is 119 Å². The van der Waals surface area contributed by atoms with Gasteiger partial charge in [0.1, 0.15) is 17.5 Å². The lowest BCUT2D eigenvalue weighted by Crippen LogP contribution is -2.36. The molecule has 0 spiro atoms. The molecule has 5 heteroatoms. The molecule has 0 unspecified atom stereocenters. The largest absolute Gasteiger partial charge is 0.497 e. The van der Waals surface area contributed by atoms with E-state index in [4.69, 9.17) is 14.2 Å². The molecule has 0 heterocycles. The van der Waals surface area contributed by atoms with Gasteiger partial charge in [-0.1, -0.05) is 12.1 Å². The highest BCUT2D eigenvalue weighted by atomic mass is 16.5. The minimum atomic E-state index is -0.413. The fourth-order valence-electron chi connectivity index (χ4n) is 1.80. The fraction of sp³-hybridized carbons (Fsp3) is 0.400. The van der Waals surface area contributed by atoms with Crippen LogP contribution in [0.3, 0.4) is 0 Å². The summed E-state index contributed by atoms with van der Waals surface area (Å²) in [7, 11) is 4.57. The lowest BCUT2D eigenvalue weighted by molar-refractivity contribution is -0.143. The van der Waals surface area contributed by atoms with Crippen LogP contribution in [0.2, 0.25) is 0 Å². The van der Waals surface area contributed by atoms with E-state index in [1.54, 1.807) is 26.4 Å². The number of methoxy groups -OCH3 is 3. The molecule has 5 nitrogen and oxygen atoms in total. The first-order chi connectivity index (χ1) is 9.65. The number of hydrogen-bond donors (Lipinski definition) is 1. The first-order valence-corrected chi connectivity index (χ1v) is 6.29. The molecule has 0 radical (unpaired) electrons. The van der Waals surface area contributed by atoms with Gasteiger partial charge >= 0.3 is 5.97 Å². The monoisotopic (exact) mass is 279 g/mol. The van der Waals surface area contributed by atoms with Crippen LogP contribution in [-0.4, -0.2) is 33.3 Å². The van der Waals surface area contributed by atoms with E-state index in [2.05, 4.69) is 11.9 Å². The second-order valence-corrected chi connectivity index (χ2v) is 4.16. The van der Waals surface area contributed by atoms with Gasteiger partial charge < -0.3 is 14.2 Å². The van der Waals surface area contributed by atoms with Crippen LogP contribution < -0.4 is 14.8 Å².